The Morgan fingerprint density at radius 2 is 1.55 bits per heavy atom. The van der Waals surface area contributed by atoms with Crippen LogP contribution in [0.3, 0.4) is 0 Å². The summed E-state index contributed by atoms with van der Waals surface area (Å²) in [4.78, 5) is 0. The van der Waals surface area contributed by atoms with E-state index in [2.05, 4.69) is 50.4 Å². The molecule has 0 saturated heterocycles. The minimum atomic E-state index is 0.203. The number of para-hydroxylation sites is 1. The molecule has 2 rings (SSSR count). The number of ether oxygens (including phenoxy) is 1. The highest BCUT2D eigenvalue weighted by molar-refractivity contribution is 5.45. The minimum Gasteiger partial charge on any atom is -0.492 e. The van der Waals surface area contributed by atoms with Crippen LogP contribution in [0.15, 0.2) is 54.6 Å². The summed E-state index contributed by atoms with van der Waals surface area (Å²) in [6.07, 6.45) is 0. The van der Waals surface area contributed by atoms with Crippen molar-refractivity contribution in [3.63, 3.8) is 0 Å². The molecule has 0 aliphatic carbocycles. The molecule has 0 bridgehead atoms. The Hall–Kier alpha value is -1.96. The van der Waals surface area contributed by atoms with Crippen molar-refractivity contribution in [2.75, 3.05) is 18.5 Å². The maximum Gasteiger partial charge on any atom is 0.119 e. The lowest BCUT2D eigenvalue weighted by Gasteiger charge is -2.19. The van der Waals surface area contributed by atoms with Crippen LogP contribution in [0, 0.1) is 0 Å². The fraction of sp³-hybridized carbons (Fsp3) is 0.333. The third-order valence-electron chi connectivity index (χ3n) is 3.19. The van der Waals surface area contributed by atoms with E-state index in [1.165, 1.54) is 5.56 Å². The van der Waals surface area contributed by atoms with Gasteiger partial charge in [0.2, 0.25) is 0 Å². The number of nitrogens with one attached hydrogen (secondary N) is 1. The SMILES string of the molecule is CC(C)(C)c1ccc(NCCOc2ccccc2)cc1. The molecule has 2 aromatic rings. The Morgan fingerprint density at radius 3 is 2.15 bits per heavy atom. The predicted octanol–water partition coefficient (Wildman–Crippen LogP) is 4.48. The highest BCUT2D eigenvalue weighted by atomic mass is 16.5. The van der Waals surface area contributed by atoms with Gasteiger partial charge in [-0.15, -0.1) is 0 Å². The Balaban J connectivity index is 1.77. The van der Waals surface area contributed by atoms with E-state index in [1.807, 2.05) is 30.3 Å². The lowest BCUT2D eigenvalue weighted by molar-refractivity contribution is 0.333. The van der Waals surface area contributed by atoms with Gasteiger partial charge in [0.1, 0.15) is 12.4 Å². The molecule has 2 aromatic carbocycles. The first-order chi connectivity index (χ1) is 9.55. The molecule has 106 valence electrons. The molecule has 0 aromatic heterocycles. The molecule has 0 aliphatic heterocycles. The first-order valence-electron chi connectivity index (χ1n) is 7.08. The summed E-state index contributed by atoms with van der Waals surface area (Å²) >= 11 is 0. The molecule has 2 heteroatoms. The topological polar surface area (TPSA) is 21.3 Å². The number of anilines is 1. The zero-order chi connectivity index (χ0) is 14.4. The molecule has 0 saturated carbocycles. The molecular weight excluding hydrogens is 246 g/mol. The number of hydrogen-bond donors (Lipinski definition) is 1. The van der Waals surface area contributed by atoms with Crippen molar-refractivity contribution >= 4 is 5.69 Å². The number of hydrogen-bond acceptors (Lipinski definition) is 2. The standard InChI is InChI=1S/C18H23NO/c1-18(2,3)15-9-11-16(12-10-15)19-13-14-20-17-7-5-4-6-8-17/h4-12,19H,13-14H2,1-3H3. The van der Waals surface area contributed by atoms with Gasteiger partial charge in [0.15, 0.2) is 0 Å². The maximum atomic E-state index is 5.64. The highest BCUT2D eigenvalue weighted by Crippen LogP contribution is 2.23. The molecule has 0 heterocycles. The molecule has 0 radical (unpaired) electrons. The zero-order valence-electron chi connectivity index (χ0n) is 12.5. The van der Waals surface area contributed by atoms with Crippen LogP contribution in [0.5, 0.6) is 5.75 Å². The summed E-state index contributed by atoms with van der Waals surface area (Å²) in [6.45, 7) is 8.13. The Labute approximate surface area is 121 Å². The Morgan fingerprint density at radius 1 is 0.900 bits per heavy atom. The van der Waals surface area contributed by atoms with Gasteiger partial charge in [0.25, 0.3) is 0 Å². The monoisotopic (exact) mass is 269 g/mol. The maximum absolute atomic E-state index is 5.64. The van der Waals surface area contributed by atoms with Gasteiger partial charge in [0.05, 0.1) is 0 Å². The molecule has 1 N–H and O–H groups in total. The second kappa shape index (κ2) is 6.47. The van der Waals surface area contributed by atoms with E-state index in [9.17, 15) is 0 Å². The van der Waals surface area contributed by atoms with E-state index >= 15 is 0 Å². The quantitative estimate of drug-likeness (QED) is 0.808. The van der Waals surface area contributed by atoms with Crippen LogP contribution in [0.2, 0.25) is 0 Å². The summed E-state index contributed by atoms with van der Waals surface area (Å²) in [5.74, 6) is 0.914. The molecule has 0 amide bonds. The minimum absolute atomic E-state index is 0.203. The highest BCUT2D eigenvalue weighted by Gasteiger charge is 2.12. The summed E-state index contributed by atoms with van der Waals surface area (Å²) in [5.41, 5.74) is 2.69. The normalized spacial score (nSPS) is 11.2. The third kappa shape index (κ3) is 4.30. The predicted molar refractivity (Wildman–Crippen MR) is 85.6 cm³/mol. The van der Waals surface area contributed by atoms with E-state index in [4.69, 9.17) is 4.74 Å². The van der Waals surface area contributed by atoms with Crippen molar-refractivity contribution in [1.82, 2.24) is 0 Å². The first kappa shape index (κ1) is 14.4. The molecule has 0 aliphatic rings. The van der Waals surface area contributed by atoms with Crippen LogP contribution >= 0.6 is 0 Å². The fourth-order valence-electron chi connectivity index (χ4n) is 1.97. The molecule has 0 spiro atoms. The van der Waals surface area contributed by atoms with E-state index in [0.29, 0.717) is 6.61 Å². The van der Waals surface area contributed by atoms with Crippen LogP contribution in [-0.4, -0.2) is 13.2 Å². The van der Waals surface area contributed by atoms with Gasteiger partial charge in [-0.2, -0.15) is 0 Å². The molecule has 2 nitrogen and oxygen atoms in total. The van der Waals surface area contributed by atoms with Crippen LogP contribution in [0.1, 0.15) is 26.3 Å². The average molecular weight is 269 g/mol. The van der Waals surface area contributed by atoms with Gasteiger partial charge in [-0.3, -0.25) is 0 Å². The smallest absolute Gasteiger partial charge is 0.119 e. The van der Waals surface area contributed by atoms with Crippen molar-refractivity contribution in [3.8, 4) is 5.75 Å². The van der Waals surface area contributed by atoms with Crippen LogP contribution in [0.4, 0.5) is 5.69 Å². The van der Waals surface area contributed by atoms with Crippen molar-refractivity contribution in [2.45, 2.75) is 26.2 Å². The first-order valence-corrected chi connectivity index (χ1v) is 7.08. The van der Waals surface area contributed by atoms with E-state index < -0.39 is 0 Å². The number of rotatable bonds is 5. The summed E-state index contributed by atoms with van der Waals surface area (Å²) < 4.78 is 5.64. The van der Waals surface area contributed by atoms with Gasteiger partial charge in [-0.05, 0) is 35.2 Å². The van der Waals surface area contributed by atoms with Crippen LogP contribution < -0.4 is 10.1 Å². The third-order valence-corrected chi connectivity index (χ3v) is 3.19. The van der Waals surface area contributed by atoms with Crippen molar-refractivity contribution in [3.05, 3.63) is 60.2 Å². The van der Waals surface area contributed by atoms with E-state index in [0.717, 1.165) is 18.0 Å². The largest absolute Gasteiger partial charge is 0.492 e. The van der Waals surface area contributed by atoms with Crippen molar-refractivity contribution in [2.24, 2.45) is 0 Å². The van der Waals surface area contributed by atoms with E-state index in [-0.39, 0.29) is 5.41 Å². The molecule has 0 unspecified atom stereocenters. The molecule has 0 atom stereocenters. The second-order valence-electron chi connectivity index (χ2n) is 5.92. The van der Waals surface area contributed by atoms with Crippen molar-refractivity contribution in [1.29, 1.82) is 0 Å². The lowest BCUT2D eigenvalue weighted by atomic mass is 9.87. The molecule has 0 fully saturated rings. The Bertz CT molecular complexity index is 511. The number of benzene rings is 2. The summed E-state index contributed by atoms with van der Waals surface area (Å²) in [6, 6.07) is 18.5. The zero-order valence-corrected chi connectivity index (χ0v) is 12.5. The summed E-state index contributed by atoms with van der Waals surface area (Å²) in [5, 5.41) is 3.37. The van der Waals surface area contributed by atoms with Crippen molar-refractivity contribution < 1.29 is 4.74 Å². The van der Waals surface area contributed by atoms with Gasteiger partial charge >= 0.3 is 0 Å². The van der Waals surface area contributed by atoms with Gasteiger partial charge < -0.3 is 10.1 Å². The molecule has 20 heavy (non-hydrogen) atoms. The molecular formula is C18H23NO. The van der Waals surface area contributed by atoms with Gasteiger partial charge in [-0.25, -0.2) is 0 Å². The Kier molecular flexibility index (Phi) is 4.67. The van der Waals surface area contributed by atoms with Gasteiger partial charge in [0, 0.05) is 12.2 Å². The fourth-order valence-corrected chi connectivity index (χ4v) is 1.97. The van der Waals surface area contributed by atoms with Gasteiger partial charge in [-0.1, -0.05) is 51.1 Å². The lowest BCUT2D eigenvalue weighted by Crippen LogP contribution is -2.13. The van der Waals surface area contributed by atoms with Crippen LogP contribution in [-0.2, 0) is 5.41 Å². The summed E-state index contributed by atoms with van der Waals surface area (Å²) in [7, 11) is 0. The van der Waals surface area contributed by atoms with E-state index in [1.54, 1.807) is 0 Å². The average Bonchev–Trinajstić information content (AvgIpc) is 2.44. The second-order valence-corrected chi connectivity index (χ2v) is 5.92. The van der Waals surface area contributed by atoms with Crippen LogP contribution in [0.25, 0.3) is 0 Å².